The third-order valence-corrected chi connectivity index (χ3v) is 3.43. The summed E-state index contributed by atoms with van der Waals surface area (Å²) in [5.74, 6) is 0.345. The standard InChI is InChI=1S/C11H16OS/c1-4-11(2,3)10(12)8-9-6-5-7-13-9/h5-7H,4,8H2,1-3H3. The fourth-order valence-electron chi connectivity index (χ4n) is 1.01. The van der Waals surface area contributed by atoms with Gasteiger partial charge in [-0.1, -0.05) is 26.8 Å². The smallest absolute Gasteiger partial charge is 0.143 e. The molecule has 0 radical (unpaired) electrons. The first kappa shape index (κ1) is 10.5. The normalized spacial score (nSPS) is 11.6. The van der Waals surface area contributed by atoms with Gasteiger partial charge in [-0.15, -0.1) is 11.3 Å². The summed E-state index contributed by atoms with van der Waals surface area (Å²) in [6, 6.07) is 4.01. The summed E-state index contributed by atoms with van der Waals surface area (Å²) in [6.45, 7) is 6.10. The number of carbonyl (C=O) groups excluding carboxylic acids is 1. The Balaban J connectivity index is 2.61. The summed E-state index contributed by atoms with van der Waals surface area (Å²) in [5, 5.41) is 2.02. The number of carbonyl (C=O) groups is 1. The third kappa shape index (κ3) is 2.66. The quantitative estimate of drug-likeness (QED) is 0.722. The van der Waals surface area contributed by atoms with E-state index in [9.17, 15) is 4.79 Å². The molecule has 0 N–H and O–H groups in total. The molecule has 0 atom stereocenters. The van der Waals surface area contributed by atoms with Gasteiger partial charge in [-0.3, -0.25) is 4.79 Å². The Morgan fingerprint density at radius 1 is 1.54 bits per heavy atom. The molecule has 0 amide bonds. The molecule has 0 aliphatic carbocycles. The average molecular weight is 196 g/mol. The second-order valence-corrected chi connectivity index (χ2v) is 4.95. The van der Waals surface area contributed by atoms with Crippen molar-refractivity contribution < 1.29 is 4.79 Å². The minimum Gasteiger partial charge on any atom is -0.299 e. The van der Waals surface area contributed by atoms with Crippen LogP contribution in [0.25, 0.3) is 0 Å². The molecule has 0 bridgehead atoms. The lowest BCUT2D eigenvalue weighted by molar-refractivity contribution is -0.126. The number of hydrogen-bond acceptors (Lipinski definition) is 2. The molecule has 0 saturated carbocycles. The van der Waals surface area contributed by atoms with Crippen molar-refractivity contribution in [2.45, 2.75) is 33.6 Å². The van der Waals surface area contributed by atoms with Gasteiger partial charge >= 0.3 is 0 Å². The monoisotopic (exact) mass is 196 g/mol. The fraction of sp³-hybridized carbons (Fsp3) is 0.545. The van der Waals surface area contributed by atoms with Gasteiger partial charge in [0, 0.05) is 16.7 Å². The van der Waals surface area contributed by atoms with Crippen LogP contribution in [0.1, 0.15) is 32.1 Å². The van der Waals surface area contributed by atoms with Crippen LogP contribution in [0.3, 0.4) is 0 Å². The number of hydrogen-bond donors (Lipinski definition) is 0. The van der Waals surface area contributed by atoms with Gasteiger partial charge in [-0.2, -0.15) is 0 Å². The van der Waals surface area contributed by atoms with Gasteiger partial charge < -0.3 is 0 Å². The first-order valence-electron chi connectivity index (χ1n) is 4.62. The van der Waals surface area contributed by atoms with Crippen molar-refractivity contribution in [2.24, 2.45) is 5.41 Å². The predicted molar refractivity (Wildman–Crippen MR) is 57.1 cm³/mol. The third-order valence-electron chi connectivity index (χ3n) is 2.55. The molecule has 0 fully saturated rings. The molecule has 2 heteroatoms. The molecule has 13 heavy (non-hydrogen) atoms. The number of ketones is 1. The molecule has 0 saturated heterocycles. The van der Waals surface area contributed by atoms with E-state index in [4.69, 9.17) is 0 Å². The average Bonchev–Trinajstić information content (AvgIpc) is 2.57. The molecule has 0 aliphatic heterocycles. The zero-order chi connectivity index (χ0) is 9.90. The minimum absolute atomic E-state index is 0.163. The molecular formula is C11H16OS. The van der Waals surface area contributed by atoms with Gasteiger partial charge in [0.2, 0.25) is 0 Å². The maximum atomic E-state index is 11.8. The number of thiophene rings is 1. The van der Waals surface area contributed by atoms with Crippen molar-refractivity contribution in [1.82, 2.24) is 0 Å². The Kier molecular flexibility index (Phi) is 3.26. The second-order valence-electron chi connectivity index (χ2n) is 3.92. The molecule has 72 valence electrons. The van der Waals surface area contributed by atoms with Crippen LogP contribution in [0.2, 0.25) is 0 Å². The molecule has 0 aromatic carbocycles. The maximum absolute atomic E-state index is 11.8. The van der Waals surface area contributed by atoms with Crippen LogP contribution >= 0.6 is 11.3 Å². The lowest BCUT2D eigenvalue weighted by Crippen LogP contribution is -2.24. The molecule has 0 aliphatic rings. The Hall–Kier alpha value is -0.630. The van der Waals surface area contributed by atoms with E-state index in [1.165, 1.54) is 4.88 Å². The van der Waals surface area contributed by atoms with E-state index in [1.807, 2.05) is 31.4 Å². The predicted octanol–water partition coefficient (Wildman–Crippen LogP) is 3.30. The Labute approximate surface area is 83.8 Å². The highest BCUT2D eigenvalue weighted by Gasteiger charge is 2.24. The molecule has 1 rings (SSSR count). The molecule has 1 aromatic heterocycles. The molecular weight excluding hydrogens is 180 g/mol. The maximum Gasteiger partial charge on any atom is 0.143 e. The van der Waals surface area contributed by atoms with Crippen molar-refractivity contribution in [2.75, 3.05) is 0 Å². The first-order chi connectivity index (χ1) is 6.06. The largest absolute Gasteiger partial charge is 0.299 e. The highest BCUT2D eigenvalue weighted by atomic mass is 32.1. The SMILES string of the molecule is CCC(C)(C)C(=O)Cc1cccs1. The minimum atomic E-state index is -0.163. The number of Topliss-reactive ketones (excluding diaryl/α,β-unsaturated/α-hetero) is 1. The van der Waals surface area contributed by atoms with Gasteiger partial charge in [0.25, 0.3) is 0 Å². The Morgan fingerprint density at radius 2 is 2.23 bits per heavy atom. The van der Waals surface area contributed by atoms with Gasteiger partial charge in [-0.25, -0.2) is 0 Å². The van der Waals surface area contributed by atoms with E-state index in [-0.39, 0.29) is 5.41 Å². The molecule has 0 spiro atoms. The van der Waals surface area contributed by atoms with Crippen molar-refractivity contribution in [3.05, 3.63) is 22.4 Å². The Morgan fingerprint density at radius 3 is 2.69 bits per heavy atom. The molecule has 1 aromatic rings. The first-order valence-corrected chi connectivity index (χ1v) is 5.50. The number of rotatable bonds is 4. The van der Waals surface area contributed by atoms with Gasteiger partial charge in [-0.05, 0) is 17.9 Å². The van der Waals surface area contributed by atoms with Crippen molar-refractivity contribution in [1.29, 1.82) is 0 Å². The van der Waals surface area contributed by atoms with E-state index in [2.05, 4.69) is 6.92 Å². The zero-order valence-electron chi connectivity index (χ0n) is 8.46. The lowest BCUT2D eigenvalue weighted by Gasteiger charge is -2.20. The fourth-order valence-corrected chi connectivity index (χ4v) is 1.71. The van der Waals surface area contributed by atoms with Gasteiger partial charge in [0.1, 0.15) is 5.78 Å². The van der Waals surface area contributed by atoms with Crippen LogP contribution in [0.4, 0.5) is 0 Å². The molecule has 0 unspecified atom stereocenters. The topological polar surface area (TPSA) is 17.1 Å². The van der Waals surface area contributed by atoms with Crippen molar-refractivity contribution in [3.63, 3.8) is 0 Å². The summed E-state index contributed by atoms with van der Waals surface area (Å²) in [6.07, 6.45) is 1.51. The van der Waals surface area contributed by atoms with Crippen LogP contribution in [-0.2, 0) is 11.2 Å². The summed E-state index contributed by atoms with van der Waals surface area (Å²) >= 11 is 1.66. The van der Waals surface area contributed by atoms with E-state index in [0.717, 1.165) is 6.42 Å². The van der Waals surface area contributed by atoms with Crippen LogP contribution in [-0.4, -0.2) is 5.78 Å². The zero-order valence-corrected chi connectivity index (χ0v) is 9.28. The van der Waals surface area contributed by atoms with Gasteiger partial charge in [0.15, 0.2) is 0 Å². The van der Waals surface area contributed by atoms with E-state index >= 15 is 0 Å². The van der Waals surface area contributed by atoms with Crippen LogP contribution in [0, 0.1) is 5.41 Å². The highest BCUT2D eigenvalue weighted by Crippen LogP contribution is 2.24. The molecule has 1 nitrogen and oxygen atoms in total. The Bertz CT molecular complexity index is 272. The second kappa shape index (κ2) is 4.05. The highest BCUT2D eigenvalue weighted by molar-refractivity contribution is 7.10. The van der Waals surface area contributed by atoms with Crippen LogP contribution < -0.4 is 0 Å². The molecule has 1 heterocycles. The summed E-state index contributed by atoms with van der Waals surface area (Å²) in [7, 11) is 0. The van der Waals surface area contributed by atoms with E-state index < -0.39 is 0 Å². The summed E-state index contributed by atoms with van der Waals surface area (Å²) in [4.78, 5) is 12.9. The van der Waals surface area contributed by atoms with E-state index in [0.29, 0.717) is 12.2 Å². The van der Waals surface area contributed by atoms with Gasteiger partial charge in [0.05, 0.1) is 0 Å². The summed E-state index contributed by atoms with van der Waals surface area (Å²) < 4.78 is 0. The van der Waals surface area contributed by atoms with E-state index in [1.54, 1.807) is 11.3 Å². The van der Waals surface area contributed by atoms with Crippen molar-refractivity contribution >= 4 is 17.1 Å². The summed E-state index contributed by atoms with van der Waals surface area (Å²) in [5.41, 5.74) is -0.163. The van der Waals surface area contributed by atoms with Crippen LogP contribution in [0.15, 0.2) is 17.5 Å². The van der Waals surface area contributed by atoms with Crippen LogP contribution in [0.5, 0.6) is 0 Å². The lowest BCUT2D eigenvalue weighted by atomic mass is 9.84. The van der Waals surface area contributed by atoms with Crippen molar-refractivity contribution in [3.8, 4) is 0 Å².